The minimum absolute atomic E-state index is 0.135. The lowest BCUT2D eigenvalue weighted by Gasteiger charge is -2.20. The van der Waals surface area contributed by atoms with Crippen molar-refractivity contribution in [3.8, 4) is 0 Å². The smallest absolute Gasteiger partial charge is 0.307 e. The number of thiazole rings is 1. The number of carboxylic acids is 1. The molecule has 0 aliphatic rings. The van der Waals surface area contributed by atoms with E-state index in [0.717, 1.165) is 0 Å². The van der Waals surface area contributed by atoms with Crippen LogP contribution in [-0.2, 0) is 20.7 Å². The van der Waals surface area contributed by atoms with Gasteiger partial charge in [-0.1, -0.05) is 0 Å². The van der Waals surface area contributed by atoms with E-state index in [0.29, 0.717) is 5.69 Å². The number of hydrogen-bond donors (Lipinski definition) is 1. The SMILES string of the molecule is CC(C)(C)OC(=O)C[C@@H](Cc1cscn1)C(=O)O. The lowest BCUT2D eigenvalue weighted by Crippen LogP contribution is -2.28. The van der Waals surface area contributed by atoms with Crippen LogP contribution in [0.4, 0.5) is 0 Å². The summed E-state index contributed by atoms with van der Waals surface area (Å²) in [5.74, 6) is -2.29. The van der Waals surface area contributed by atoms with Crippen molar-refractivity contribution < 1.29 is 19.4 Å². The highest BCUT2D eigenvalue weighted by Gasteiger charge is 2.25. The van der Waals surface area contributed by atoms with Crippen molar-refractivity contribution in [1.29, 1.82) is 0 Å². The molecular formula is C12H17NO4S. The largest absolute Gasteiger partial charge is 0.481 e. The number of carboxylic acid groups (broad SMARTS) is 1. The van der Waals surface area contributed by atoms with E-state index in [1.165, 1.54) is 11.3 Å². The Bertz CT molecular complexity index is 408. The number of nitrogens with zero attached hydrogens (tertiary/aromatic N) is 1. The Morgan fingerprint density at radius 2 is 2.17 bits per heavy atom. The standard InChI is InChI=1S/C12H17NO4S/c1-12(2,3)17-10(14)5-8(11(15)16)4-9-6-18-7-13-9/h6-8H,4-5H2,1-3H3,(H,15,16)/t8-/m1/s1. The lowest BCUT2D eigenvalue weighted by molar-refractivity contribution is -0.159. The van der Waals surface area contributed by atoms with Crippen LogP contribution in [0.15, 0.2) is 10.9 Å². The van der Waals surface area contributed by atoms with Crippen molar-refractivity contribution in [1.82, 2.24) is 4.98 Å². The monoisotopic (exact) mass is 271 g/mol. The summed E-state index contributed by atoms with van der Waals surface area (Å²) in [7, 11) is 0. The van der Waals surface area contributed by atoms with Gasteiger partial charge in [0.2, 0.25) is 0 Å². The average molecular weight is 271 g/mol. The molecule has 0 spiro atoms. The first-order chi connectivity index (χ1) is 8.28. The molecule has 18 heavy (non-hydrogen) atoms. The van der Waals surface area contributed by atoms with Gasteiger partial charge in [-0.05, 0) is 20.8 Å². The van der Waals surface area contributed by atoms with Gasteiger partial charge in [-0.2, -0.15) is 0 Å². The molecule has 1 heterocycles. The first-order valence-electron chi connectivity index (χ1n) is 5.59. The summed E-state index contributed by atoms with van der Waals surface area (Å²) in [5.41, 5.74) is 1.73. The summed E-state index contributed by atoms with van der Waals surface area (Å²) in [4.78, 5) is 26.7. The van der Waals surface area contributed by atoms with Crippen molar-refractivity contribution in [2.75, 3.05) is 0 Å². The van der Waals surface area contributed by atoms with Crippen LogP contribution in [0, 0.1) is 5.92 Å². The first kappa shape index (κ1) is 14.6. The molecule has 0 radical (unpaired) electrons. The topological polar surface area (TPSA) is 76.5 Å². The number of esters is 1. The molecule has 0 unspecified atom stereocenters. The highest BCUT2D eigenvalue weighted by molar-refractivity contribution is 7.07. The fourth-order valence-corrected chi connectivity index (χ4v) is 1.99. The van der Waals surface area contributed by atoms with Crippen LogP contribution >= 0.6 is 11.3 Å². The predicted molar refractivity (Wildman–Crippen MR) is 67.4 cm³/mol. The molecule has 0 fully saturated rings. The fourth-order valence-electron chi connectivity index (χ4n) is 1.42. The molecule has 100 valence electrons. The van der Waals surface area contributed by atoms with Gasteiger partial charge in [-0.3, -0.25) is 9.59 Å². The summed E-state index contributed by atoms with van der Waals surface area (Å²) in [6.07, 6.45) is 0.113. The average Bonchev–Trinajstić information content (AvgIpc) is 2.66. The van der Waals surface area contributed by atoms with Crippen LogP contribution in [0.25, 0.3) is 0 Å². The van der Waals surface area contributed by atoms with E-state index in [1.807, 2.05) is 0 Å². The zero-order valence-corrected chi connectivity index (χ0v) is 11.5. The Hall–Kier alpha value is -1.43. The second-order valence-electron chi connectivity index (χ2n) is 5.01. The highest BCUT2D eigenvalue weighted by atomic mass is 32.1. The quantitative estimate of drug-likeness (QED) is 0.830. The van der Waals surface area contributed by atoms with Crippen LogP contribution in [-0.4, -0.2) is 27.6 Å². The number of carbonyl (C=O) groups is 2. The van der Waals surface area contributed by atoms with Crippen LogP contribution < -0.4 is 0 Å². The normalized spacial score (nSPS) is 13.1. The Balaban J connectivity index is 2.58. The van der Waals surface area contributed by atoms with Gasteiger partial charge in [-0.15, -0.1) is 11.3 Å². The maximum atomic E-state index is 11.6. The van der Waals surface area contributed by atoms with Gasteiger partial charge >= 0.3 is 11.9 Å². The molecule has 1 N–H and O–H groups in total. The molecule has 1 atom stereocenters. The Morgan fingerprint density at radius 3 is 2.61 bits per heavy atom. The van der Waals surface area contributed by atoms with E-state index in [-0.39, 0.29) is 12.8 Å². The van der Waals surface area contributed by atoms with Crippen molar-refractivity contribution >= 4 is 23.3 Å². The van der Waals surface area contributed by atoms with Gasteiger partial charge in [0, 0.05) is 11.8 Å². The predicted octanol–water partition coefficient (Wildman–Crippen LogP) is 2.12. The summed E-state index contributed by atoms with van der Waals surface area (Å²) in [6.45, 7) is 5.25. The molecule has 0 aromatic carbocycles. The number of rotatable bonds is 5. The van der Waals surface area contributed by atoms with Gasteiger partial charge in [0.25, 0.3) is 0 Å². The van der Waals surface area contributed by atoms with E-state index in [1.54, 1.807) is 31.7 Å². The molecule has 0 aliphatic carbocycles. The highest BCUT2D eigenvalue weighted by Crippen LogP contribution is 2.16. The van der Waals surface area contributed by atoms with Gasteiger partial charge in [0.1, 0.15) is 5.60 Å². The molecule has 6 heteroatoms. The Morgan fingerprint density at radius 1 is 1.50 bits per heavy atom. The number of carbonyl (C=O) groups excluding carboxylic acids is 1. The van der Waals surface area contributed by atoms with Gasteiger partial charge in [0.05, 0.1) is 23.5 Å². The fraction of sp³-hybridized carbons (Fsp3) is 0.583. The second-order valence-corrected chi connectivity index (χ2v) is 5.73. The van der Waals surface area contributed by atoms with Gasteiger partial charge < -0.3 is 9.84 Å². The molecule has 1 rings (SSSR count). The lowest BCUT2D eigenvalue weighted by atomic mass is 10.00. The van der Waals surface area contributed by atoms with Crippen molar-refractivity contribution in [3.05, 3.63) is 16.6 Å². The molecule has 5 nitrogen and oxygen atoms in total. The first-order valence-corrected chi connectivity index (χ1v) is 6.54. The molecule has 0 bridgehead atoms. The van der Waals surface area contributed by atoms with Gasteiger partial charge in [-0.25, -0.2) is 4.98 Å². The van der Waals surface area contributed by atoms with Crippen LogP contribution in [0.5, 0.6) is 0 Å². The summed E-state index contributed by atoms with van der Waals surface area (Å²) in [5, 5.41) is 10.9. The molecule has 0 aliphatic heterocycles. The van der Waals surface area contributed by atoms with E-state index in [9.17, 15) is 9.59 Å². The zero-order valence-electron chi connectivity index (χ0n) is 10.7. The number of hydrogen-bond acceptors (Lipinski definition) is 5. The molecule has 0 saturated carbocycles. The van der Waals surface area contributed by atoms with E-state index in [4.69, 9.17) is 9.84 Å². The Labute approximate surface area is 110 Å². The number of ether oxygens (including phenoxy) is 1. The zero-order chi connectivity index (χ0) is 13.8. The van der Waals surface area contributed by atoms with E-state index < -0.39 is 23.5 Å². The Kier molecular flexibility index (Phi) is 4.84. The molecule has 1 aromatic heterocycles. The second kappa shape index (κ2) is 5.95. The number of aromatic nitrogens is 1. The van der Waals surface area contributed by atoms with Crippen LogP contribution in [0.3, 0.4) is 0 Å². The third-order valence-electron chi connectivity index (χ3n) is 2.12. The van der Waals surface area contributed by atoms with Crippen molar-refractivity contribution in [3.63, 3.8) is 0 Å². The maximum Gasteiger partial charge on any atom is 0.307 e. The number of aliphatic carboxylic acids is 1. The third-order valence-corrected chi connectivity index (χ3v) is 2.76. The van der Waals surface area contributed by atoms with Crippen molar-refractivity contribution in [2.45, 2.75) is 39.2 Å². The molecule has 0 amide bonds. The van der Waals surface area contributed by atoms with E-state index >= 15 is 0 Å². The maximum absolute atomic E-state index is 11.6. The minimum atomic E-state index is -1.01. The van der Waals surface area contributed by atoms with Crippen molar-refractivity contribution in [2.24, 2.45) is 5.92 Å². The molecule has 1 aromatic rings. The molecular weight excluding hydrogens is 254 g/mol. The van der Waals surface area contributed by atoms with Gasteiger partial charge in [0.15, 0.2) is 0 Å². The summed E-state index contributed by atoms with van der Waals surface area (Å²) >= 11 is 1.40. The third kappa shape index (κ3) is 5.27. The minimum Gasteiger partial charge on any atom is -0.481 e. The summed E-state index contributed by atoms with van der Waals surface area (Å²) in [6, 6.07) is 0. The molecule has 0 saturated heterocycles. The summed E-state index contributed by atoms with van der Waals surface area (Å²) < 4.78 is 5.12. The van der Waals surface area contributed by atoms with Crippen LogP contribution in [0.2, 0.25) is 0 Å². The van der Waals surface area contributed by atoms with Crippen LogP contribution in [0.1, 0.15) is 32.9 Å². The van der Waals surface area contributed by atoms with E-state index in [2.05, 4.69) is 4.98 Å².